The minimum Gasteiger partial charge on any atom is -0.545 e. The Labute approximate surface area is 545 Å². The summed E-state index contributed by atoms with van der Waals surface area (Å²) in [5.41, 5.74) is 0. The van der Waals surface area contributed by atoms with E-state index in [-0.39, 0.29) is 32.2 Å². The second-order valence-corrected chi connectivity index (χ2v) is 26.6. The molecule has 0 aromatic rings. The Morgan fingerprint density at radius 1 is 0.352 bits per heavy atom. The van der Waals surface area contributed by atoms with Crippen molar-refractivity contribution >= 4 is 17.9 Å². The van der Waals surface area contributed by atoms with Crippen molar-refractivity contribution in [1.82, 2.24) is 0 Å². The smallest absolute Gasteiger partial charge is 0.306 e. The number of likely N-dealkylation sites (N-methyl/N-ethyl adjacent to an activating group) is 1. The summed E-state index contributed by atoms with van der Waals surface area (Å²) in [6, 6.07) is 0. The second-order valence-electron chi connectivity index (χ2n) is 26.6. The number of carboxylic acid groups (broad SMARTS) is 1. The van der Waals surface area contributed by atoms with E-state index in [4.69, 9.17) is 18.9 Å². The van der Waals surface area contributed by atoms with Crippen LogP contribution in [0.1, 0.15) is 354 Å². The van der Waals surface area contributed by atoms with Crippen molar-refractivity contribution in [2.45, 2.75) is 367 Å². The molecular weight excluding hydrogens is 1090 g/mol. The first-order chi connectivity index (χ1) is 43.1. The molecule has 2 atom stereocenters. The molecule has 512 valence electrons. The van der Waals surface area contributed by atoms with Crippen LogP contribution < -0.4 is 5.11 Å². The number of ether oxygens (including phenoxy) is 4. The van der Waals surface area contributed by atoms with Crippen LogP contribution in [0, 0.1) is 0 Å². The van der Waals surface area contributed by atoms with E-state index in [0.717, 1.165) is 83.5 Å². The molecule has 9 nitrogen and oxygen atoms in total. The molecule has 0 bridgehead atoms. The zero-order valence-electron chi connectivity index (χ0n) is 58.6. The first kappa shape index (κ1) is 84.7. The average Bonchev–Trinajstić information content (AvgIpc) is 3.54. The fourth-order valence-electron chi connectivity index (χ4n) is 11.0. The van der Waals surface area contributed by atoms with Crippen LogP contribution >= 0.6 is 0 Å². The van der Waals surface area contributed by atoms with Crippen molar-refractivity contribution in [1.29, 1.82) is 0 Å². The number of allylic oxidation sites excluding steroid dienone is 12. The molecule has 0 aliphatic rings. The number of carboxylic acids is 1. The molecule has 0 amide bonds. The van der Waals surface area contributed by atoms with Crippen LogP contribution in [0.4, 0.5) is 0 Å². The number of carbonyl (C=O) groups excluding carboxylic acids is 3. The molecule has 0 spiro atoms. The van der Waals surface area contributed by atoms with Gasteiger partial charge in [-0.1, -0.05) is 350 Å². The summed E-state index contributed by atoms with van der Waals surface area (Å²) >= 11 is 0. The van der Waals surface area contributed by atoms with E-state index in [2.05, 4.69) is 86.8 Å². The van der Waals surface area contributed by atoms with Gasteiger partial charge < -0.3 is 33.3 Å². The van der Waals surface area contributed by atoms with Gasteiger partial charge in [0, 0.05) is 12.8 Å². The van der Waals surface area contributed by atoms with Crippen LogP contribution in [-0.2, 0) is 33.3 Å². The lowest BCUT2D eigenvalue weighted by molar-refractivity contribution is -0.870. The van der Waals surface area contributed by atoms with Gasteiger partial charge in [0.2, 0.25) is 0 Å². The molecule has 0 aromatic heterocycles. The SMILES string of the molecule is CC/C=C\C/C=C\C/C=C\C/C=C\C/C=C\C/C=C\CCCCCCCCCCCCC(=O)OC(COC(=O)CCCCCCCCCCCCCCCCCCCCCCCCCCCCCCCCCCCC)COC(OCC[N+](C)(C)C)C(=O)[O-]. The van der Waals surface area contributed by atoms with Gasteiger partial charge in [-0.05, 0) is 64.2 Å². The van der Waals surface area contributed by atoms with E-state index in [1.165, 1.54) is 238 Å². The first-order valence-electron chi connectivity index (χ1n) is 37.6. The number of aliphatic carboxylic acids is 1. The predicted molar refractivity (Wildman–Crippen MR) is 375 cm³/mol. The molecule has 88 heavy (non-hydrogen) atoms. The van der Waals surface area contributed by atoms with Gasteiger partial charge in [-0.2, -0.15) is 0 Å². The molecule has 0 radical (unpaired) electrons. The van der Waals surface area contributed by atoms with Crippen LogP contribution in [0.2, 0.25) is 0 Å². The molecule has 0 saturated heterocycles. The maximum atomic E-state index is 12.9. The van der Waals surface area contributed by atoms with Crippen molar-refractivity contribution in [3.63, 3.8) is 0 Å². The van der Waals surface area contributed by atoms with Crippen LogP contribution in [0.25, 0.3) is 0 Å². The van der Waals surface area contributed by atoms with Gasteiger partial charge in [-0.3, -0.25) is 9.59 Å². The van der Waals surface area contributed by atoms with Crippen molar-refractivity contribution in [3.8, 4) is 0 Å². The molecule has 0 aromatic carbocycles. The molecule has 0 saturated carbocycles. The van der Waals surface area contributed by atoms with E-state index in [1.807, 2.05) is 21.1 Å². The summed E-state index contributed by atoms with van der Waals surface area (Å²) in [5, 5.41) is 11.8. The zero-order valence-corrected chi connectivity index (χ0v) is 58.6. The molecule has 0 rings (SSSR count). The van der Waals surface area contributed by atoms with Gasteiger partial charge in [0.1, 0.15) is 13.2 Å². The van der Waals surface area contributed by atoms with E-state index in [9.17, 15) is 19.5 Å². The summed E-state index contributed by atoms with van der Waals surface area (Å²) in [7, 11) is 5.94. The molecule has 0 heterocycles. The zero-order chi connectivity index (χ0) is 64.0. The van der Waals surface area contributed by atoms with E-state index >= 15 is 0 Å². The Balaban J connectivity index is 4.04. The Morgan fingerprint density at radius 3 is 0.966 bits per heavy atom. The van der Waals surface area contributed by atoms with Crippen LogP contribution in [0.5, 0.6) is 0 Å². The molecule has 0 N–H and O–H groups in total. The maximum Gasteiger partial charge on any atom is 0.306 e. The lowest BCUT2D eigenvalue weighted by atomic mass is 10.0. The predicted octanol–water partition coefficient (Wildman–Crippen LogP) is 22.3. The largest absolute Gasteiger partial charge is 0.545 e. The van der Waals surface area contributed by atoms with Crippen molar-refractivity contribution in [2.24, 2.45) is 0 Å². The number of quaternary nitrogens is 1. The molecule has 9 heteroatoms. The topological polar surface area (TPSA) is 111 Å². The molecule has 2 unspecified atom stereocenters. The van der Waals surface area contributed by atoms with Crippen LogP contribution in [-0.4, -0.2) is 82.3 Å². The van der Waals surface area contributed by atoms with E-state index < -0.39 is 24.3 Å². The maximum absolute atomic E-state index is 12.9. The van der Waals surface area contributed by atoms with Crippen molar-refractivity contribution in [2.75, 3.05) is 47.5 Å². The highest BCUT2D eigenvalue weighted by Gasteiger charge is 2.22. The number of esters is 2. The fraction of sp³-hybridized carbons (Fsp3) is 0.810. The third-order valence-corrected chi connectivity index (χ3v) is 16.7. The van der Waals surface area contributed by atoms with Crippen molar-refractivity contribution in [3.05, 3.63) is 72.9 Å². The van der Waals surface area contributed by atoms with Gasteiger partial charge in [-0.15, -0.1) is 0 Å². The highest BCUT2D eigenvalue weighted by molar-refractivity contribution is 5.70. The molecule has 0 aliphatic heterocycles. The number of nitrogens with zero attached hydrogens (tertiary/aromatic N) is 1. The first-order valence-corrected chi connectivity index (χ1v) is 37.6. The third-order valence-electron chi connectivity index (χ3n) is 16.7. The fourth-order valence-corrected chi connectivity index (χ4v) is 11.0. The quantitative estimate of drug-likeness (QED) is 0.0195. The normalized spacial score (nSPS) is 13.1. The van der Waals surface area contributed by atoms with Gasteiger partial charge in [-0.25, -0.2) is 0 Å². The van der Waals surface area contributed by atoms with Gasteiger partial charge >= 0.3 is 11.9 Å². The molecule has 0 fully saturated rings. The number of unbranched alkanes of at least 4 members (excludes halogenated alkanes) is 43. The van der Waals surface area contributed by atoms with Gasteiger partial charge in [0.25, 0.3) is 0 Å². The minimum atomic E-state index is -1.63. The third kappa shape index (κ3) is 70.2. The Hall–Kier alpha value is -3.27. The monoisotopic (exact) mass is 1230 g/mol. The summed E-state index contributed by atoms with van der Waals surface area (Å²) in [4.78, 5) is 37.5. The Morgan fingerprint density at radius 2 is 0.648 bits per heavy atom. The number of hydrogen-bond donors (Lipinski definition) is 0. The number of hydrogen-bond acceptors (Lipinski definition) is 8. The highest BCUT2D eigenvalue weighted by Crippen LogP contribution is 2.19. The second kappa shape index (κ2) is 69.6. The van der Waals surface area contributed by atoms with Gasteiger partial charge in [0.15, 0.2) is 12.4 Å². The lowest BCUT2D eigenvalue weighted by Crippen LogP contribution is -2.44. The van der Waals surface area contributed by atoms with Crippen LogP contribution in [0.15, 0.2) is 72.9 Å². The highest BCUT2D eigenvalue weighted by atomic mass is 16.7. The lowest BCUT2D eigenvalue weighted by Gasteiger charge is -2.26. The van der Waals surface area contributed by atoms with Gasteiger partial charge in [0.05, 0.1) is 40.3 Å². The Bertz CT molecular complexity index is 1680. The standard InChI is InChI=1S/C79H143NO8/c1-6-8-10-12-14-16-18-20-22-24-26-28-30-32-34-36-37-38-39-40-42-43-45-47-49-51-53-55-57-59-61-63-65-67-69-76(81)86-73-75(74-87-79(78(83)84)85-72-71-80(3,4)5)88-77(82)70-68-66-64-62-60-58-56-54-52-50-48-46-44-41-35-33-31-29-27-25-23-21-19-17-15-13-11-9-7-2/h9,11,15,17,21,23,27,29,33,35,44,46,75,79H,6-8,10,12-14,16,18-20,22,24-26,28,30-32,34,36-43,45,47-74H2,1-5H3/b11-9-,17-15-,23-21-,29-27-,35-33-,46-44-. The molecular formula is C79H143NO8. The minimum absolute atomic E-state index is 0.146. The summed E-state index contributed by atoms with van der Waals surface area (Å²) in [6.07, 6.45) is 90.1. The van der Waals surface area contributed by atoms with Crippen molar-refractivity contribution < 1.29 is 42.9 Å². The Kier molecular flexibility index (Phi) is 67.0. The number of rotatable bonds is 70. The van der Waals surface area contributed by atoms with E-state index in [0.29, 0.717) is 23.9 Å². The average molecular weight is 1240 g/mol. The molecule has 0 aliphatic carbocycles. The summed E-state index contributed by atoms with van der Waals surface area (Å²) in [5.74, 6) is -2.27. The summed E-state index contributed by atoms with van der Waals surface area (Å²) < 4.78 is 22.8. The van der Waals surface area contributed by atoms with Crippen LogP contribution in [0.3, 0.4) is 0 Å². The van der Waals surface area contributed by atoms with E-state index in [1.54, 1.807) is 0 Å². The number of carbonyl (C=O) groups is 3. The summed E-state index contributed by atoms with van der Waals surface area (Å²) in [6.45, 7) is 4.68.